The minimum Gasteiger partial charge on any atom is -0.315 e. The van der Waals surface area contributed by atoms with Gasteiger partial charge in [0.2, 0.25) is 0 Å². The van der Waals surface area contributed by atoms with Crippen LogP contribution in [0.4, 0.5) is 0 Å². The van der Waals surface area contributed by atoms with Crippen molar-refractivity contribution in [2.24, 2.45) is 5.92 Å². The van der Waals surface area contributed by atoms with Crippen LogP contribution in [0.25, 0.3) is 0 Å². The van der Waals surface area contributed by atoms with Crippen LogP contribution in [0, 0.1) is 5.92 Å². The third-order valence-corrected chi connectivity index (χ3v) is 3.50. The Labute approximate surface area is 103 Å². The van der Waals surface area contributed by atoms with Gasteiger partial charge in [-0.3, -0.25) is 4.90 Å². The molecule has 0 aromatic carbocycles. The van der Waals surface area contributed by atoms with Crippen molar-refractivity contribution in [3.63, 3.8) is 0 Å². The lowest BCUT2D eigenvalue weighted by molar-refractivity contribution is 0.112. The Balaban J connectivity index is 4.34. The topological polar surface area (TPSA) is 15.3 Å². The Morgan fingerprint density at radius 3 is 2.06 bits per heavy atom. The van der Waals surface area contributed by atoms with Gasteiger partial charge in [-0.25, -0.2) is 0 Å². The Kier molecular flexibility index (Phi) is 8.96. The zero-order chi connectivity index (χ0) is 12.6. The summed E-state index contributed by atoms with van der Waals surface area (Å²) in [7, 11) is 0. The van der Waals surface area contributed by atoms with Gasteiger partial charge < -0.3 is 5.32 Å². The molecular weight excluding hydrogens is 196 g/mol. The molecule has 0 amide bonds. The molecule has 16 heavy (non-hydrogen) atoms. The lowest BCUT2D eigenvalue weighted by Crippen LogP contribution is -2.49. The average molecular weight is 228 g/mol. The molecule has 1 N–H and O–H groups in total. The van der Waals surface area contributed by atoms with Crippen molar-refractivity contribution in [1.29, 1.82) is 0 Å². The smallest absolute Gasteiger partial charge is 0.0246 e. The summed E-state index contributed by atoms with van der Waals surface area (Å²) in [5, 5.41) is 3.57. The highest BCUT2D eigenvalue weighted by molar-refractivity contribution is 4.79. The largest absolute Gasteiger partial charge is 0.315 e. The summed E-state index contributed by atoms with van der Waals surface area (Å²) < 4.78 is 0. The molecule has 0 aromatic rings. The van der Waals surface area contributed by atoms with E-state index in [9.17, 15) is 0 Å². The summed E-state index contributed by atoms with van der Waals surface area (Å²) in [6.45, 7) is 17.2. The van der Waals surface area contributed by atoms with Crippen LogP contribution in [-0.4, -0.2) is 36.6 Å². The zero-order valence-electron chi connectivity index (χ0n) is 12.2. The highest BCUT2D eigenvalue weighted by atomic mass is 15.2. The molecule has 0 aliphatic rings. The number of likely N-dealkylation sites (N-methyl/N-ethyl adjacent to an activating group) is 1. The second kappa shape index (κ2) is 9.00. The van der Waals surface area contributed by atoms with Gasteiger partial charge in [-0.1, -0.05) is 34.6 Å². The quantitative estimate of drug-likeness (QED) is 0.610. The first-order valence-corrected chi connectivity index (χ1v) is 7.04. The van der Waals surface area contributed by atoms with Crippen molar-refractivity contribution in [3.05, 3.63) is 0 Å². The van der Waals surface area contributed by atoms with Gasteiger partial charge >= 0.3 is 0 Å². The summed E-state index contributed by atoms with van der Waals surface area (Å²) in [4.78, 5) is 2.65. The van der Waals surface area contributed by atoms with Crippen LogP contribution in [0.15, 0.2) is 0 Å². The SMILES string of the molecule is CCCNCC(C(C)C)N(CC)C(C)CC. The normalized spacial score (nSPS) is 15.8. The maximum atomic E-state index is 3.57. The summed E-state index contributed by atoms with van der Waals surface area (Å²) in [5.41, 5.74) is 0. The minimum absolute atomic E-state index is 0.673. The lowest BCUT2D eigenvalue weighted by Gasteiger charge is -2.38. The lowest BCUT2D eigenvalue weighted by atomic mass is 10.00. The molecular formula is C14H32N2. The van der Waals surface area contributed by atoms with Crippen LogP contribution in [-0.2, 0) is 0 Å². The molecule has 0 aromatic heterocycles. The second-order valence-corrected chi connectivity index (χ2v) is 5.10. The fourth-order valence-corrected chi connectivity index (χ4v) is 2.27. The molecule has 2 heteroatoms. The van der Waals surface area contributed by atoms with Gasteiger partial charge in [0.25, 0.3) is 0 Å². The Morgan fingerprint density at radius 1 is 1.06 bits per heavy atom. The molecule has 0 heterocycles. The van der Waals surface area contributed by atoms with Crippen LogP contribution in [0.3, 0.4) is 0 Å². The maximum Gasteiger partial charge on any atom is 0.0246 e. The molecule has 0 rings (SSSR count). The molecule has 98 valence electrons. The zero-order valence-corrected chi connectivity index (χ0v) is 12.2. The van der Waals surface area contributed by atoms with Gasteiger partial charge in [0, 0.05) is 18.6 Å². The van der Waals surface area contributed by atoms with E-state index in [4.69, 9.17) is 0 Å². The fraction of sp³-hybridized carbons (Fsp3) is 1.00. The summed E-state index contributed by atoms with van der Waals surface area (Å²) in [5.74, 6) is 0.721. The third-order valence-electron chi connectivity index (χ3n) is 3.50. The summed E-state index contributed by atoms with van der Waals surface area (Å²) in [6.07, 6.45) is 2.46. The Morgan fingerprint density at radius 2 is 1.69 bits per heavy atom. The van der Waals surface area contributed by atoms with Gasteiger partial charge in [-0.15, -0.1) is 0 Å². The van der Waals surface area contributed by atoms with Gasteiger partial charge in [0.05, 0.1) is 0 Å². The molecule has 0 saturated heterocycles. The van der Waals surface area contributed by atoms with Crippen molar-refractivity contribution in [2.45, 2.75) is 66.5 Å². The van der Waals surface area contributed by atoms with E-state index in [2.05, 4.69) is 51.8 Å². The van der Waals surface area contributed by atoms with Crippen LogP contribution < -0.4 is 5.32 Å². The van der Waals surface area contributed by atoms with Crippen LogP contribution in [0.2, 0.25) is 0 Å². The van der Waals surface area contributed by atoms with Crippen LogP contribution in [0.5, 0.6) is 0 Å². The third kappa shape index (κ3) is 5.31. The summed E-state index contributed by atoms with van der Waals surface area (Å²) in [6, 6.07) is 1.37. The minimum atomic E-state index is 0.673. The Hall–Kier alpha value is -0.0800. The van der Waals surface area contributed by atoms with E-state index < -0.39 is 0 Å². The van der Waals surface area contributed by atoms with E-state index in [0.29, 0.717) is 12.1 Å². The fourth-order valence-electron chi connectivity index (χ4n) is 2.27. The number of hydrogen-bond donors (Lipinski definition) is 1. The second-order valence-electron chi connectivity index (χ2n) is 5.10. The van der Waals surface area contributed by atoms with E-state index in [0.717, 1.165) is 25.6 Å². The average Bonchev–Trinajstić information content (AvgIpc) is 2.27. The number of nitrogens with zero attached hydrogens (tertiary/aromatic N) is 1. The summed E-state index contributed by atoms with van der Waals surface area (Å²) >= 11 is 0. The number of rotatable bonds is 9. The van der Waals surface area contributed by atoms with Crippen molar-refractivity contribution in [3.8, 4) is 0 Å². The van der Waals surface area contributed by atoms with E-state index >= 15 is 0 Å². The van der Waals surface area contributed by atoms with Crippen molar-refractivity contribution >= 4 is 0 Å². The van der Waals surface area contributed by atoms with E-state index in [1.165, 1.54) is 12.8 Å². The molecule has 0 radical (unpaired) electrons. The van der Waals surface area contributed by atoms with E-state index in [1.54, 1.807) is 0 Å². The van der Waals surface area contributed by atoms with Gasteiger partial charge in [-0.05, 0) is 38.8 Å². The molecule has 0 saturated carbocycles. The molecule has 0 spiro atoms. The number of nitrogens with one attached hydrogen (secondary N) is 1. The van der Waals surface area contributed by atoms with Gasteiger partial charge in [0.1, 0.15) is 0 Å². The molecule has 0 fully saturated rings. The predicted octanol–water partition coefficient (Wildman–Crippen LogP) is 3.13. The number of hydrogen-bond acceptors (Lipinski definition) is 2. The van der Waals surface area contributed by atoms with Crippen molar-refractivity contribution in [1.82, 2.24) is 10.2 Å². The van der Waals surface area contributed by atoms with Gasteiger partial charge in [-0.2, -0.15) is 0 Å². The molecule has 2 unspecified atom stereocenters. The first kappa shape index (κ1) is 15.9. The van der Waals surface area contributed by atoms with Crippen LogP contribution >= 0.6 is 0 Å². The highest BCUT2D eigenvalue weighted by Gasteiger charge is 2.23. The molecule has 0 aliphatic carbocycles. The standard InChI is InChI=1S/C14H32N2/c1-7-10-15-11-14(12(4)5)16(9-3)13(6)8-2/h12-15H,7-11H2,1-6H3. The molecule has 2 nitrogen and oxygen atoms in total. The maximum absolute atomic E-state index is 3.57. The van der Waals surface area contributed by atoms with Crippen molar-refractivity contribution < 1.29 is 0 Å². The molecule has 0 bridgehead atoms. The first-order valence-electron chi connectivity index (χ1n) is 7.04. The monoisotopic (exact) mass is 228 g/mol. The first-order chi connectivity index (χ1) is 7.58. The highest BCUT2D eigenvalue weighted by Crippen LogP contribution is 2.15. The van der Waals surface area contributed by atoms with Crippen molar-refractivity contribution in [2.75, 3.05) is 19.6 Å². The van der Waals surface area contributed by atoms with Gasteiger partial charge in [0.15, 0.2) is 0 Å². The predicted molar refractivity (Wildman–Crippen MR) is 73.9 cm³/mol. The van der Waals surface area contributed by atoms with Crippen LogP contribution in [0.1, 0.15) is 54.4 Å². The van der Waals surface area contributed by atoms with E-state index in [-0.39, 0.29) is 0 Å². The molecule has 2 atom stereocenters. The van der Waals surface area contributed by atoms with E-state index in [1.807, 2.05) is 0 Å². The molecule has 0 aliphatic heterocycles. The Bertz CT molecular complexity index is 157.